The predicted octanol–water partition coefficient (Wildman–Crippen LogP) is 5.46. The van der Waals surface area contributed by atoms with Crippen molar-refractivity contribution in [3.05, 3.63) is 84.9 Å². The average molecular weight is 335 g/mol. The fourth-order valence-electron chi connectivity index (χ4n) is 3.44. The van der Waals surface area contributed by atoms with Crippen molar-refractivity contribution < 1.29 is 0 Å². The second kappa shape index (κ2) is 5.81. The van der Waals surface area contributed by atoms with Gasteiger partial charge in [0.1, 0.15) is 0 Å². The van der Waals surface area contributed by atoms with Gasteiger partial charge >= 0.3 is 0 Å². The summed E-state index contributed by atoms with van der Waals surface area (Å²) in [6.07, 6.45) is 0. The summed E-state index contributed by atoms with van der Waals surface area (Å²) in [5.74, 6) is 0. The molecular weight excluding hydrogens is 318 g/mol. The molecule has 0 unspecified atom stereocenters. The lowest BCUT2D eigenvalue weighted by Gasteiger charge is -2.09. The summed E-state index contributed by atoms with van der Waals surface area (Å²) in [5, 5.41) is 2.31. The van der Waals surface area contributed by atoms with Crippen molar-refractivity contribution in [2.75, 3.05) is 0 Å². The van der Waals surface area contributed by atoms with Crippen LogP contribution in [0.15, 0.2) is 84.9 Å². The summed E-state index contributed by atoms with van der Waals surface area (Å²) < 4.78 is 2.16. The van der Waals surface area contributed by atoms with Gasteiger partial charge in [0, 0.05) is 17.8 Å². The molecule has 3 aromatic heterocycles. The molecule has 0 spiro atoms. The summed E-state index contributed by atoms with van der Waals surface area (Å²) in [6, 6.07) is 29.0. The van der Waals surface area contributed by atoms with Gasteiger partial charge in [-0.1, -0.05) is 48.5 Å². The number of benzene rings is 2. The number of nitrogens with zero attached hydrogens (tertiary/aromatic N) is 3. The molecule has 0 aliphatic rings. The molecule has 5 aromatic rings. The topological polar surface area (TPSA) is 30.7 Å². The molecule has 0 saturated carbocycles. The maximum absolute atomic E-state index is 4.82. The third-order valence-electron chi connectivity index (χ3n) is 4.84. The second-order valence-corrected chi connectivity index (χ2v) is 6.44. The van der Waals surface area contributed by atoms with Gasteiger partial charge < -0.3 is 4.57 Å². The fraction of sp³-hybridized carbons (Fsp3) is 0.0435. The first kappa shape index (κ1) is 14.8. The SMILES string of the molecule is Cn1c(-c2ccc3ccccc3n2)ccc1-c1ccc2ccccc2n1. The van der Waals surface area contributed by atoms with Crippen LogP contribution in [0.25, 0.3) is 44.6 Å². The third-order valence-corrected chi connectivity index (χ3v) is 4.84. The zero-order valence-electron chi connectivity index (χ0n) is 14.4. The highest BCUT2D eigenvalue weighted by Crippen LogP contribution is 2.28. The summed E-state index contributed by atoms with van der Waals surface area (Å²) in [4.78, 5) is 9.64. The van der Waals surface area contributed by atoms with E-state index in [0.717, 1.165) is 44.6 Å². The minimum Gasteiger partial charge on any atom is -0.341 e. The van der Waals surface area contributed by atoms with Crippen LogP contribution in [-0.2, 0) is 7.05 Å². The van der Waals surface area contributed by atoms with Crippen molar-refractivity contribution in [1.82, 2.24) is 14.5 Å². The van der Waals surface area contributed by atoms with Crippen molar-refractivity contribution in [3.8, 4) is 22.8 Å². The van der Waals surface area contributed by atoms with E-state index in [1.807, 2.05) is 36.4 Å². The maximum atomic E-state index is 4.82. The summed E-state index contributed by atoms with van der Waals surface area (Å²) in [6.45, 7) is 0. The number of hydrogen-bond donors (Lipinski definition) is 0. The number of aromatic nitrogens is 3. The van der Waals surface area contributed by atoms with E-state index in [1.54, 1.807) is 0 Å². The van der Waals surface area contributed by atoms with Gasteiger partial charge in [0.05, 0.1) is 33.8 Å². The molecule has 26 heavy (non-hydrogen) atoms. The first-order valence-corrected chi connectivity index (χ1v) is 8.68. The van der Waals surface area contributed by atoms with E-state index in [-0.39, 0.29) is 0 Å². The molecule has 0 aliphatic carbocycles. The first-order valence-electron chi connectivity index (χ1n) is 8.68. The predicted molar refractivity (Wildman–Crippen MR) is 107 cm³/mol. The number of para-hydroxylation sites is 2. The van der Waals surface area contributed by atoms with Gasteiger partial charge in [-0.2, -0.15) is 0 Å². The van der Waals surface area contributed by atoms with Gasteiger partial charge in [-0.25, -0.2) is 9.97 Å². The molecule has 3 heterocycles. The van der Waals surface area contributed by atoms with Crippen LogP contribution in [0.3, 0.4) is 0 Å². The molecule has 0 bridgehead atoms. The normalized spacial score (nSPS) is 11.3. The summed E-state index contributed by atoms with van der Waals surface area (Å²) >= 11 is 0. The molecule has 0 radical (unpaired) electrons. The highest BCUT2D eigenvalue weighted by Gasteiger charge is 2.11. The Balaban J connectivity index is 1.62. The Bertz CT molecular complexity index is 1150. The van der Waals surface area contributed by atoms with Crippen LogP contribution in [-0.4, -0.2) is 14.5 Å². The Morgan fingerprint density at radius 3 is 1.50 bits per heavy atom. The van der Waals surface area contributed by atoms with Crippen LogP contribution in [0.1, 0.15) is 0 Å². The van der Waals surface area contributed by atoms with Crippen molar-refractivity contribution in [1.29, 1.82) is 0 Å². The van der Waals surface area contributed by atoms with E-state index in [0.29, 0.717) is 0 Å². The Morgan fingerprint density at radius 2 is 1.00 bits per heavy atom. The fourth-order valence-corrected chi connectivity index (χ4v) is 3.44. The van der Waals surface area contributed by atoms with Gasteiger partial charge in [0.15, 0.2) is 0 Å². The number of hydrogen-bond acceptors (Lipinski definition) is 2. The molecule has 0 fully saturated rings. The van der Waals surface area contributed by atoms with E-state index in [4.69, 9.17) is 9.97 Å². The zero-order chi connectivity index (χ0) is 17.5. The average Bonchev–Trinajstić information content (AvgIpc) is 3.08. The van der Waals surface area contributed by atoms with E-state index in [1.165, 1.54) is 0 Å². The Kier molecular flexibility index (Phi) is 3.32. The lowest BCUT2D eigenvalue weighted by molar-refractivity contribution is 0.936. The van der Waals surface area contributed by atoms with Crippen LogP contribution in [0.4, 0.5) is 0 Å². The molecule has 0 saturated heterocycles. The summed E-state index contributed by atoms with van der Waals surface area (Å²) in [7, 11) is 2.07. The van der Waals surface area contributed by atoms with E-state index < -0.39 is 0 Å². The number of rotatable bonds is 2. The van der Waals surface area contributed by atoms with Crippen molar-refractivity contribution in [2.24, 2.45) is 7.05 Å². The second-order valence-electron chi connectivity index (χ2n) is 6.44. The van der Waals surface area contributed by atoms with Crippen molar-refractivity contribution in [3.63, 3.8) is 0 Å². The van der Waals surface area contributed by atoms with Gasteiger partial charge in [0.2, 0.25) is 0 Å². The minimum atomic E-state index is 0.971. The molecule has 3 nitrogen and oxygen atoms in total. The van der Waals surface area contributed by atoms with E-state index in [9.17, 15) is 0 Å². The quantitative estimate of drug-likeness (QED) is 0.429. The lowest BCUT2D eigenvalue weighted by atomic mass is 10.2. The zero-order valence-corrected chi connectivity index (χ0v) is 14.4. The first-order chi connectivity index (χ1) is 12.8. The van der Waals surface area contributed by atoms with Gasteiger partial charge in [0.25, 0.3) is 0 Å². The Labute approximate surface area is 151 Å². The van der Waals surface area contributed by atoms with E-state index in [2.05, 4.69) is 60.1 Å². The molecule has 0 aliphatic heterocycles. The lowest BCUT2D eigenvalue weighted by Crippen LogP contribution is -1.97. The van der Waals surface area contributed by atoms with Crippen LogP contribution in [0, 0.1) is 0 Å². The Morgan fingerprint density at radius 1 is 0.538 bits per heavy atom. The minimum absolute atomic E-state index is 0.971. The number of fused-ring (bicyclic) bond motifs is 2. The van der Waals surface area contributed by atoms with Gasteiger partial charge in [-0.15, -0.1) is 0 Å². The summed E-state index contributed by atoms with van der Waals surface area (Å²) in [5.41, 5.74) is 6.13. The Hall–Kier alpha value is -3.46. The largest absolute Gasteiger partial charge is 0.341 e. The smallest absolute Gasteiger partial charge is 0.0874 e. The molecule has 0 atom stereocenters. The third kappa shape index (κ3) is 2.37. The highest BCUT2D eigenvalue weighted by atomic mass is 15.0. The molecular formula is C23H17N3. The standard InChI is InChI=1S/C23H17N3/c1-26-22(20-12-10-16-6-2-4-8-18(16)24-20)14-15-23(26)21-13-11-17-7-3-5-9-19(17)25-21/h2-15H,1H3. The van der Waals surface area contributed by atoms with Crippen LogP contribution in [0.2, 0.25) is 0 Å². The van der Waals surface area contributed by atoms with Crippen LogP contribution in [0.5, 0.6) is 0 Å². The van der Waals surface area contributed by atoms with Crippen molar-refractivity contribution >= 4 is 21.8 Å². The molecule has 3 heteroatoms. The molecule has 0 amide bonds. The molecule has 5 rings (SSSR count). The maximum Gasteiger partial charge on any atom is 0.0874 e. The monoisotopic (exact) mass is 335 g/mol. The number of pyridine rings is 2. The van der Waals surface area contributed by atoms with Gasteiger partial charge in [-0.3, -0.25) is 0 Å². The van der Waals surface area contributed by atoms with Crippen LogP contribution < -0.4 is 0 Å². The van der Waals surface area contributed by atoms with Crippen LogP contribution >= 0.6 is 0 Å². The van der Waals surface area contributed by atoms with Gasteiger partial charge in [-0.05, 0) is 36.4 Å². The molecule has 124 valence electrons. The highest BCUT2D eigenvalue weighted by molar-refractivity contribution is 5.83. The molecule has 2 aromatic carbocycles. The van der Waals surface area contributed by atoms with E-state index >= 15 is 0 Å². The van der Waals surface area contributed by atoms with Crippen molar-refractivity contribution in [2.45, 2.75) is 0 Å². The molecule has 0 N–H and O–H groups in total.